The molecule has 5 heteroatoms. The summed E-state index contributed by atoms with van der Waals surface area (Å²) in [5.41, 5.74) is 25.4. The van der Waals surface area contributed by atoms with Crippen LogP contribution >= 0.6 is 0 Å². The maximum atomic E-state index is 3.00. The molecule has 6 aliphatic rings. The summed E-state index contributed by atoms with van der Waals surface area (Å²) in [6.07, 6.45) is 9.45. The fourth-order valence-electron chi connectivity index (χ4n) is 16.6. The van der Waals surface area contributed by atoms with Crippen LogP contribution in [-0.4, -0.2) is 25.9 Å². The van der Waals surface area contributed by atoms with Crippen LogP contribution in [0.5, 0.6) is 0 Å². The molecule has 0 saturated heterocycles. The van der Waals surface area contributed by atoms with E-state index in [9.17, 15) is 0 Å². The van der Waals surface area contributed by atoms with Gasteiger partial charge in [-0.25, -0.2) is 0 Å². The number of hydrogen-bond acceptors (Lipinski definition) is 3. The van der Waals surface area contributed by atoms with Crippen LogP contribution in [0.3, 0.4) is 0 Å². The van der Waals surface area contributed by atoms with Crippen molar-refractivity contribution in [1.82, 2.24) is 0 Å². The molecule has 4 aliphatic heterocycles. The zero-order chi connectivity index (χ0) is 54.8. The Kier molecular flexibility index (Phi) is 11.0. The molecule has 0 radical (unpaired) electrons. The fourth-order valence-corrected chi connectivity index (χ4v) is 17.8. The molecule has 398 valence electrons. The molecule has 4 heterocycles. The number of anilines is 7. The van der Waals surface area contributed by atoms with Crippen molar-refractivity contribution in [3.05, 3.63) is 198 Å². The van der Waals surface area contributed by atoms with Gasteiger partial charge in [0.15, 0.2) is 0 Å². The molecule has 79 heavy (non-hydrogen) atoms. The maximum absolute atomic E-state index is 3.00. The molecule has 0 bridgehead atoms. The zero-order valence-electron chi connectivity index (χ0n) is 49.2. The van der Waals surface area contributed by atoms with Crippen LogP contribution in [0.2, 0.25) is 19.6 Å². The van der Waals surface area contributed by atoms with Crippen LogP contribution in [0.1, 0.15) is 141 Å². The molecule has 0 aromatic heterocycles. The SMILES string of the molecule is CC(C)(C)c1ccc(N2c3cc(C(C)(C)C)ccc3B3c4cc([Si](C)(C)C)cc5c4N(c4cc(N6c7ccc(-c8ccccc8)cc7C7(C)CCCCC67C)cc2c43)C2(C)CCCCC52c2ccccc2)c(-c2ccccc2)c1. The van der Waals surface area contributed by atoms with Gasteiger partial charge in [-0.1, -0.05) is 226 Å². The molecular formula is C74H80BN3Si. The average molecular weight is 1050 g/mol. The third-order valence-electron chi connectivity index (χ3n) is 21.1. The standard InChI is InChI=1S/C74H80BN3Si/c1-69(2,3)53-34-37-62(57(43-53)50-28-18-14-19-29-50)76-64-44-54(70(4,5)6)33-35-60(64)75-61-48-56(79(10,11)12)47-59-68(61)78(73(9)40-24-25-41-74(59,73)52-30-20-15-21-31-52)66-46-55(45-65(76)67(66)75)77-63-36-32-51(49-26-16-13-17-27-49)42-58(63)71(7)38-22-23-39-72(71,77)8/h13-21,26-37,42-48H,22-25,38-41H2,1-12H3. The first-order valence-corrected chi connectivity index (χ1v) is 33.5. The summed E-state index contributed by atoms with van der Waals surface area (Å²) < 4.78 is 0. The van der Waals surface area contributed by atoms with Gasteiger partial charge >= 0.3 is 0 Å². The van der Waals surface area contributed by atoms with E-state index < -0.39 is 8.07 Å². The van der Waals surface area contributed by atoms with Crippen LogP contribution < -0.4 is 36.3 Å². The lowest BCUT2D eigenvalue weighted by atomic mass is 9.33. The summed E-state index contributed by atoms with van der Waals surface area (Å²) in [5, 5.41) is 1.57. The topological polar surface area (TPSA) is 9.72 Å². The molecule has 0 N–H and O–H groups in total. The molecule has 2 saturated carbocycles. The Balaban J connectivity index is 1.14. The molecule has 14 rings (SSSR count). The van der Waals surface area contributed by atoms with E-state index in [0.717, 1.165) is 19.3 Å². The number of nitrogens with zero attached hydrogens (tertiary/aromatic N) is 3. The van der Waals surface area contributed by atoms with E-state index in [1.807, 2.05) is 0 Å². The first-order chi connectivity index (χ1) is 37.7. The van der Waals surface area contributed by atoms with E-state index in [4.69, 9.17) is 0 Å². The summed E-state index contributed by atoms with van der Waals surface area (Å²) in [7, 11) is -1.88. The van der Waals surface area contributed by atoms with Crippen molar-refractivity contribution in [2.24, 2.45) is 0 Å². The molecule has 4 atom stereocenters. The molecule has 0 spiro atoms. The molecule has 4 unspecified atom stereocenters. The summed E-state index contributed by atoms with van der Waals surface area (Å²) in [5.74, 6) is 0. The minimum Gasteiger partial charge on any atom is -0.335 e. The van der Waals surface area contributed by atoms with Crippen molar-refractivity contribution in [2.75, 3.05) is 14.7 Å². The predicted octanol–water partition coefficient (Wildman–Crippen LogP) is 17.3. The van der Waals surface area contributed by atoms with E-state index >= 15 is 0 Å². The number of hydrogen-bond donors (Lipinski definition) is 0. The van der Waals surface area contributed by atoms with E-state index in [1.54, 1.807) is 10.8 Å². The third kappa shape index (κ3) is 7.09. The van der Waals surface area contributed by atoms with Crippen LogP contribution in [0, 0.1) is 0 Å². The second-order valence-electron chi connectivity index (χ2n) is 28.6. The van der Waals surface area contributed by atoms with Crippen LogP contribution in [0.4, 0.5) is 39.8 Å². The summed E-state index contributed by atoms with van der Waals surface area (Å²) in [6.45, 7) is 30.0. The lowest BCUT2D eigenvalue weighted by molar-refractivity contribution is 0.195. The highest BCUT2D eigenvalue weighted by atomic mass is 28.3. The minimum atomic E-state index is -1.88. The van der Waals surface area contributed by atoms with Crippen molar-refractivity contribution in [1.29, 1.82) is 0 Å². The highest BCUT2D eigenvalue weighted by Crippen LogP contribution is 2.66. The second kappa shape index (κ2) is 17.2. The normalized spacial score (nSPS) is 23.6. The number of rotatable bonds is 6. The van der Waals surface area contributed by atoms with Gasteiger partial charge in [0.05, 0.1) is 24.8 Å². The van der Waals surface area contributed by atoms with Crippen molar-refractivity contribution >= 4 is 76.2 Å². The Labute approximate surface area is 474 Å². The molecular weight excluding hydrogens is 970 g/mol. The summed E-state index contributed by atoms with van der Waals surface area (Å²) in [4.78, 5) is 8.66. The largest absolute Gasteiger partial charge is 0.335 e. The Morgan fingerprint density at radius 1 is 0.456 bits per heavy atom. The molecule has 8 aromatic rings. The van der Waals surface area contributed by atoms with Crippen LogP contribution in [0.25, 0.3) is 22.3 Å². The van der Waals surface area contributed by atoms with E-state index in [2.05, 4.69) is 267 Å². The Hall–Kier alpha value is -6.56. The average Bonchev–Trinajstić information content (AvgIpc) is 1.94. The van der Waals surface area contributed by atoms with Crippen molar-refractivity contribution in [3.63, 3.8) is 0 Å². The predicted molar refractivity (Wildman–Crippen MR) is 343 cm³/mol. The summed E-state index contributed by atoms with van der Waals surface area (Å²) >= 11 is 0. The Morgan fingerprint density at radius 2 is 1.05 bits per heavy atom. The molecule has 2 aliphatic carbocycles. The quantitative estimate of drug-likeness (QED) is 0.154. The molecule has 2 fully saturated rings. The monoisotopic (exact) mass is 1050 g/mol. The Morgan fingerprint density at radius 3 is 1.73 bits per heavy atom. The first-order valence-electron chi connectivity index (χ1n) is 30.0. The third-order valence-corrected chi connectivity index (χ3v) is 23.2. The van der Waals surface area contributed by atoms with Gasteiger partial charge in [0, 0.05) is 50.5 Å². The van der Waals surface area contributed by atoms with Crippen LogP contribution in [0.15, 0.2) is 170 Å². The maximum Gasteiger partial charge on any atom is 0.252 e. The van der Waals surface area contributed by atoms with Crippen molar-refractivity contribution < 1.29 is 0 Å². The zero-order valence-corrected chi connectivity index (χ0v) is 50.2. The minimum absolute atomic E-state index is 0.0287. The van der Waals surface area contributed by atoms with Gasteiger partial charge in [-0.15, -0.1) is 0 Å². The number of fused-ring (bicyclic) bond motifs is 10. The lowest BCUT2D eigenvalue weighted by Gasteiger charge is -2.54. The van der Waals surface area contributed by atoms with Gasteiger partial charge in [0.1, 0.15) is 0 Å². The van der Waals surface area contributed by atoms with Crippen LogP contribution in [-0.2, 0) is 21.7 Å². The highest BCUT2D eigenvalue weighted by Gasteiger charge is 2.65. The Bertz CT molecular complexity index is 3770. The van der Waals surface area contributed by atoms with Gasteiger partial charge in [-0.05, 0) is 154 Å². The van der Waals surface area contributed by atoms with Gasteiger partial charge < -0.3 is 14.7 Å². The highest BCUT2D eigenvalue weighted by molar-refractivity contribution is 7.01. The summed E-state index contributed by atoms with van der Waals surface area (Å²) in [6, 6.07) is 67.7. The fraction of sp³-hybridized carbons (Fsp3) is 0.351. The first kappa shape index (κ1) is 50.6. The van der Waals surface area contributed by atoms with Gasteiger partial charge in [0.25, 0.3) is 6.71 Å². The van der Waals surface area contributed by atoms with E-state index in [1.165, 1.54) is 133 Å². The molecule has 0 amide bonds. The second-order valence-corrected chi connectivity index (χ2v) is 33.7. The van der Waals surface area contributed by atoms with Crippen molar-refractivity contribution in [3.8, 4) is 22.3 Å². The smallest absolute Gasteiger partial charge is 0.252 e. The number of benzene rings is 8. The van der Waals surface area contributed by atoms with Gasteiger partial charge in [0.2, 0.25) is 0 Å². The molecule has 8 aromatic carbocycles. The van der Waals surface area contributed by atoms with Crippen molar-refractivity contribution in [2.45, 2.75) is 166 Å². The van der Waals surface area contributed by atoms with Gasteiger partial charge in [-0.2, -0.15) is 0 Å². The van der Waals surface area contributed by atoms with E-state index in [-0.39, 0.29) is 39.5 Å². The van der Waals surface area contributed by atoms with Gasteiger partial charge in [-0.3, -0.25) is 0 Å². The van der Waals surface area contributed by atoms with E-state index in [0.29, 0.717) is 0 Å². The molecule has 3 nitrogen and oxygen atoms in total. The lowest BCUT2D eigenvalue weighted by Crippen LogP contribution is -2.65.